The topological polar surface area (TPSA) is 52.6 Å². The Hall–Kier alpha value is -1.55. The van der Waals surface area contributed by atoms with Crippen LogP contribution in [-0.4, -0.2) is 42.3 Å². The van der Waals surface area contributed by atoms with Gasteiger partial charge in [0.25, 0.3) is 0 Å². The van der Waals surface area contributed by atoms with E-state index in [-0.39, 0.29) is 18.6 Å². The van der Waals surface area contributed by atoms with Crippen molar-refractivity contribution >= 4 is 6.03 Å². The molecule has 1 saturated heterocycles. The molecule has 1 heterocycles. The smallest absolute Gasteiger partial charge is 0.317 e. The lowest BCUT2D eigenvalue weighted by atomic mass is 9.99. The van der Waals surface area contributed by atoms with E-state index in [1.807, 2.05) is 17.0 Å². The maximum Gasteiger partial charge on any atom is 0.317 e. The summed E-state index contributed by atoms with van der Waals surface area (Å²) in [5.41, 5.74) is 2.54. The molecule has 1 aliphatic rings. The SMILES string of the molecule is Cc1ccccc1CCNC(=O)N1CCCC(CO)C1. The van der Waals surface area contributed by atoms with Crippen molar-refractivity contribution in [2.45, 2.75) is 26.2 Å². The summed E-state index contributed by atoms with van der Waals surface area (Å²) in [4.78, 5) is 13.9. The van der Waals surface area contributed by atoms with Gasteiger partial charge in [0.1, 0.15) is 0 Å². The number of benzene rings is 1. The number of aliphatic hydroxyl groups excluding tert-OH is 1. The number of aliphatic hydroxyl groups is 1. The van der Waals surface area contributed by atoms with Crippen LogP contribution in [0.1, 0.15) is 24.0 Å². The van der Waals surface area contributed by atoms with Crippen molar-refractivity contribution in [3.8, 4) is 0 Å². The molecule has 0 saturated carbocycles. The first kappa shape index (κ1) is 14.9. The number of likely N-dealkylation sites (tertiary alicyclic amines) is 1. The minimum absolute atomic E-state index is 0.00302. The monoisotopic (exact) mass is 276 g/mol. The van der Waals surface area contributed by atoms with Gasteiger partial charge in [-0.15, -0.1) is 0 Å². The summed E-state index contributed by atoms with van der Waals surface area (Å²) in [7, 11) is 0. The molecule has 110 valence electrons. The van der Waals surface area contributed by atoms with E-state index < -0.39 is 0 Å². The third kappa shape index (κ3) is 3.97. The van der Waals surface area contributed by atoms with Crippen LogP contribution in [0.25, 0.3) is 0 Å². The van der Waals surface area contributed by atoms with Crippen molar-refractivity contribution in [1.29, 1.82) is 0 Å². The molecule has 1 unspecified atom stereocenters. The zero-order valence-corrected chi connectivity index (χ0v) is 12.1. The third-order valence-electron chi connectivity index (χ3n) is 4.00. The Kier molecular flexibility index (Phi) is 5.41. The molecule has 4 heteroatoms. The molecule has 20 heavy (non-hydrogen) atoms. The van der Waals surface area contributed by atoms with Gasteiger partial charge in [-0.3, -0.25) is 0 Å². The van der Waals surface area contributed by atoms with Gasteiger partial charge in [0.2, 0.25) is 0 Å². The highest BCUT2D eigenvalue weighted by molar-refractivity contribution is 5.74. The van der Waals surface area contributed by atoms with E-state index in [0.717, 1.165) is 25.8 Å². The molecule has 1 aromatic rings. The van der Waals surface area contributed by atoms with E-state index in [1.54, 1.807) is 0 Å². The lowest BCUT2D eigenvalue weighted by molar-refractivity contribution is 0.129. The van der Waals surface area contributed by atoms with Crippen LogP contribution in [0.15, 0.2) is 24.3 Å². The van der Waals surface area contributed by atoms with E-state index in [1.165, 1.54) is 11.1 Å². The van der Waals surface area contributed by atoms with Crippen molar-refractivity contribution in [2.24, 2.45) is 5.92 Å². The lowest BCUT2D eigenvalue weighted by Gasteiger charge is -2.31. The van der Waals surface area contributed by atoms with E-state index >= 15 is 0 Å². The summed E-state index contributed by atoms with van der Waals surface area (Å²) in [5, 5.41) is 12.2. The Bertz CT molecular complexity index is 448. The van der Waals surface area contributed by atoms with Crippen LogP contribution >= 0.6 is 0 Å². The number of carbonyl (C=O) groups is 1. The lowest BCUT2D eigenvalue weighted by Crippen LogP contribution is -2.46. The normalized spacial score (nSPS) is 18.9. The number of aryl methyl sites for hydroxylation is 1. The van der Waals surface area contributed by atoms with Gasteiger partial charge >= 0.3 is 6.03 Å². The molecule has 0 aromatic heterocycles. The van der Waals surface area contributed by atoms with Crippen LogP contribution in [0.4, 0.5) is 4.79 Å². The molecule has 2 rings (SSSR count). The largest absolute Gasteiger partial charge is 0.396 e. The first-order valence-electron chi connectivity index (χ1n) is 7.39. The Morgan fingerprint density at radius 1 is 1.45 bits per heavy atom. The zero-order chi connectivity index (χ0) is 14.4. The van der Waals surface area contributed by atoms with Gasteiger partial charge in [0, 0.05) is 26.2 Å². The van der Waals surface area contributed by atoms with Crippen LogP contribution < -0.4 is 5.32 Å². The second-order valence-corrected chi connectivity index (χ2v) is 5.55. The highest BCUT2D eigenvalue weighted by Gasteiger charge is 2.22. The Morgan fingerprint density at radius 2 is 2.25 bits per heavy atom. The highest BCUT2D eigenvalue weighted by atomic mass is 16.3. The number of hydrogen-bond donors (Lipinski definition) is 2. The fraction of sp³-hybridized carbons (Fsp3) is 0.562. The van der Waals surface area contributed by atoms with E-state index in [0.29, 0.717) is 13.1 Å². The molecule has 2 amide bonds. The molecule has 0 spiro atoms. The molecule has 0 aliphatic carbocycles. The molecule has 1 aliphatic heterocycles. The predicted molar refractivity (Wildman–Crippen MR) is 79.7 cm³/mol. The van der Waals surface area contributed by atoms with Crippen LogP contribution in [0, 0.1) is 12.8 Å². The third-order valence-corrected chi connectivity index (χ3v) is 4.00. The second kappa shape index (κ2) is 7.29. The number of hydrogen-bond acceptors (Lipinski definition) is 2. The number of piperidine rings is 1. The summed E-state index contributed by atoms with van der Waals surface area (Å²) >= 11 is 0. The minimum atomic E-state index is -0.00302. The molecule has 1 fully saturated rings. The summed E-state index contributed by atoms with van der Waals surface area (Å²) in [6, 6.07) is 8.25. The fourth-order valence-electron chi connectivity index (χ4n) is 2.71. The Labute approximate surface area is 120 Å². The first-order chi connectivity index (χ1) is 9.70. The number of urea groups is 1. The van der Waals surface area contributed by atoms with Crippen molar-refractivity contribution in [3.63, 3.8) is 0 Å². The summed E-state index contributed by atoms with van der Waals surface area (Å²) in [6.07, 6.45) is 2.86. The van der Waals surface area contributed by atoms with Gasteiger partial charge in [-0.2, -0.15) is 0 Å². The van der Waals surface area contributed by atoms with Gasteiger partial charge in [0.05, 0.1) is 0 Å². The Balaban J connectivity index is 1.76. The van der Waals surface area contributed by atoms with Crippen molar-refractivity contribution in [1.82, 2.24) is 10.2 Å². The maximum absolute atomic E-state index is 12.1. The van der Waals surface area contributed by atoms with Gasteiger partial charge in [-0.1, -0.05) is 24.3 Å². The summed E-state index contributed by atoms with van der Waals surface area (Å²) < 4.78 is 0. The molecule has 1 aromatic carbocycles. The molecular formula is C16H24N2O2. The number of rotatable bonds is 4. The molecule has 4 nitrogen and oxygen atoms in total. The summed E-state index contributed by atoms with van der Waals surface area (Å²) in [5.74, 6) is 0.242. The number of nitrogens with zero attached hydrogens (tertiary/aromatic N) is 1. The Morgan fingerprint density at radius 3 is 3.00 bits per heavy atom. The van der Waals surface area contributed by atoms with Gasteiger partial charge in [-0.25, -0.2) is 4.79 Å². The average molecular weight is 276 g/mol. The number of amides is 2. The van der Waals surface area contributed by atoms with E-state index in [2.05, 4.69) is 24.4 Å². The number of carbonyl (C=O) groups excluding carboxylic acids is 1. The minimum Gasteiger partial charge on any atom is -0.396 e. The average Bonchev–Trinajstić information content (AvgIpc) is 2.49. The first-order valence-corrected chi connectivity index (χ1v) is 7.39. The van der Waals surface area contributed by atoms with Crippen LogP contribution in [0.3, 0.4) is 0 Å². The maximum atomic E-state index is 12.1. The molecule has 2 N–H and O–H groups in total. The van der Waals surface area contributed by atoms with Crippen LogP contribution in [0.2, 0.25) is 0 Å². The molecule has 1 atom stereocenters. The van der Waals surface area contributed by atoms with Crippen LogP contribution in [0.5, 0.6) is 0 Å². The summed E-state index contributed by atoms with van der Waals surface area (Å²) in [6.45, 7) is 4.39. The number of nitrogens with one attached hydrogen (secondary N) is 1. The fourth-order valence-corrected chi connectivity index (χ4v) is 2.71. The van der Waals surface area contributed by atoms with Gasteiger partial charge < -0.3 is 15.3 Å². The van der Waals surface area contributed by atoms with Crippen molar-refractivity contribution < 1.29 is 9.90 Å². The molecule has 0 bridgehead atoms. The van der Waals surface area contributed by atoms with E-state index in [4.69, 9.17) is 0 Å². The second-order valence-electron chi connectivity index (χ2n) is 5.55. The molecular weight excluding hydrogens is 252 g/mol. The zero-order valence-electron chi connectivity index (χ0n) is 12.1. The molecule has 0 radical (unpaired) electrons. The predicted octanol–water partition coefficient (Wildman–Crippen LogP) is 1.95. The van der Waals surface area contributed by atoms with Gasteiger partial charge in [-0.05, 0) is 43.2 Å². The van der Waals surface area contributed by atoms with Crippen molar-refractivity contribution in [2.75, 3.05) is 26.2 Å². The van der Waals surface area contributed by atoms with E-state index in [9.17, 15) is 9.90 Å². The van der Waals surface area contributed by atoms with Crippen molar-refractivity contribution in [3.05, 3.63) is 35.4 Å². The quantitative estimate of drug-likeness (QED) is 0.883. The highest BCUT2D eigenvalue weighted by Crippen LogP contribution is 2.15. The standard InChI is InChI=1S/C16H24N2O2/c1-13-5-2-3-7-15(13)8-9-17-16(20)18-10-4-6-14(11-18)12-19/h2-3,5,7,14,19H,4,6,8-12H2,1H3,(H,17,20). The van der Waals surface area contributed by atoms with Crippen LogP contribution in [-0.2, 0) is 6.42 Å². The van der Waals surface area contributed by atoms with Gasteiger partial charge in [0.15, 0.2) is 0 Å².